The second kappa shape index (κ2) is 6.61. The van der Waals surface area contributed by atoms with Gasteiger partial charge in [-0.15, -0.1) is 0 Å². The largest absolute Gasteiger partial charge is 0.369 e. The Balaban J connectivity index is 1.35. The average molecular weight is 322 g/mol. The maximum atomic E-state index is 12.1. The van der Waals surface area contributed by atoms with E-state index in [0.29, 0.717) is 5.56 Å². The number of piperazine rings is 1. The average Bonchev–Trinajstić information content (AvgIpc) is 3.48. The highest BCUT2D eigenvalue weighted by Crippen LogP contribution is 2.28. The third-order valence-electron chi connectivity index (χ3n) is 4.79. The molecule has 0 unspecified atom stereocenters. The molecule has 1 amide bonds. The summed E-state index contributed by atoms with van der Waals surface area (Å²) < 4.78 is 0. The topological polar surface area (TPSA) is 48.5 Å². The van der Waals surface area contributed by atoms with Crippen molar-refractivity contribution in [3.63, 3.8) is 0 Å². The highest BCUT2D eigenvalue weighted by Gasteiger charge is 2.31. The van der Waals surface area contributed by atoms with Crippen LogP contribution in [0.5, 0.6) is 0 Å². The molecular formula is C19H22N4O. The van der Waals surface area contributed by atoms with E-state index in [-0.39, 0.29) is 5.91 Å². The van der Waals surface area contributed by atoms with Gasteiger partial charge in [0.15, 0.2) is 0 Å². The first-order valence-corrected chi connectivity index (χ1v) is 8.60. The van der Waals surface area contributed by atoms with Crippen LogP contribution >= 0.6 is 0 Å². The third kappa shape index (κ3) is 3.41. The minimum absolute atomic E-state index is 0.131. The van der Waals surface area contributed by atoms with Crippen molar-refractivity contribution < 1.29 is 4.79 Å². The molecule has 2 aliphatic rings. The van der Waals surface area contributed by atoms with Crippen molar-refractivity contribution in [3.05, 3.63) is 54.4 Å². The number of carbonyl (C=O) groups excluding carboxylic acids is 1. The lowest BCUT2D eigenvalue weighted by atomic mass is 10.2. The summed E-state index contributed by atoms with van der Waals surface area (Å²) in [6.45, 7) is 4.48. The van der Waals surface area contributed by atoms with Crippen LogP contribution < -0.4 is 10.2 Å². The van der Waals surface area contributed by atoms with Crippen molar-refractivity contribution in [3.8, 4) is 0 Å². The van der Waals surface area contributed by atoms with Crippen molar-refractivity contribution >= 4 is 17.3 Å². The van der Waals surface area contributed by atoms with Gasteiger partial charge in [0.2, 0.25) is 0 Å². The van der Waals surface area contributed by atoms with Crippen LogP contribution in [0.1, 0.15) is 23.2 Å². The van der Waals surface area contributed by atoms with Gasteiger partial charge in [0, 0.05) is 56.0 Å². The Kier molecular flexibility index (Phi) is 4.17. The molecule has 0 spiro atoms. The van der Waals surface area contributed by atoms with E-state index < -0.39 is 0 Å². The van der Waals surface area contributed by atoms with E-state index in [4.69, 9.17) is 0 Å². The van der Waals surface area contributed by atoms with Gasteiger partial charge in [0.25, 0.3) is 5.91 Å². The number of anilines is 2. The van der Waals surface area contributed by atoms with E-state index in [1.54, 1.807) is 24.5 Å². The van der Waals surface area contributed by atoms with Crippen LogP contribution in [0.4, 0.5) is 11.4 Å². The molecule has 0 atom stereocenters. The molecule has 2 fully saturated rings. The minimum Gasteiger partial charge on any atom is -0.369 e. The lowest BCUT2D eigenvalue weighted by Gasteiger charge is -2.36. The zero-order valence-electron chi connectivity index (χ0n) is 13.7. The van der Waals surface area contributed by atoms with E-state index >= 15 is 0 Å². The fourth-order valence-corrected chi connectivity index (χ4v) is 3.24. The number of aromatic nitrogens is 1. The predicted molar refractivity (Wildman–Crippen MR) is 95.4 cm³/mol. The molecule has 2 heterocycles. The van der Waals surface area contributed by atoms with E-state index in [1.807, 2.05) is 12.1 Å². The maximum Gasteiger partial charge on any atom is 0.257 e. The first kappa shape index (κ1) is 15.1. The number of benzene rings is 1. The van der Waals surface area contributed by atoms with Crippen LogP contribution in [0.2, 0.25) is 0 Å². The summed E-state index contributed by atoms with van der Waals surface area (Å²) in [7, 11) is 0. The second-order valence-corrected chi connectivity index (χ2v) is 6.50. The molecule has 5 heteroatoms. The quantitative estimate of drug-likeness (QED) is 0.940. The Morgan fingerprint density at radius 2 is 1.79 bits per heavy atom. The molecule has 24 heavy (non-hydrogen) atoms. The predicted octanol–water partition coefficient (Wildman–Crippen LogP) is 2.62. The van der Waals surface area contributed by atoms with Gasteiger partial charge >= 0.3 is 0 Å². The van der Waals surface area contributed by atoms with Gasteiger partial charge in [0.05, 0.1) is 5.56 Å². The Labute approximate surface area is 142 Å². The van der Waals surface area contributed by atoms with Gasteiger partial charge in [-0.3, -0.25) is 14.7 Å². The molecule has 1 saturated carbocycles. The molecule has 1 aliphatic carbocycles. The van der Waals surface area contributed by atoms with Crippen LogP contribution in [-0.4, -0.2) is 48.0 Å². The number of nitrogens with one attached hydrogen (secondary N) is 1. The zero-order valence-corrected chi connectivity index (χ0v) is 13.7. The summed E-state index contributed by atoms with van der Waals surface area (Å²) in [5, 5.41) is 2.91. The summed E-state index contributed by atoms with van der Waals surface area (Å²) in [5.41, 5.74) is 2.60. The molecule has 0 bridgehead atoms. The van der Waals surface area contributed by atoms with Gasteiger partial charge in [-0.2, -0.15) is 0 Å². The number of pyridine rings is 1. The molecule has 1 aromatic carbocycles. The monoisotopic (exact) mass is 322 g/mol. The molecule has 124 valence electrons. The minimum atomic E-state index is -0.131. The Morgan fingerprint density at radius 1 is 1.04 bits per heavy atom. The normalized spacial score (nSPS) is 18.4. The smallest absolute Gasteiger partial charge is 0.257 e. The van der Waals surface area contributed by atoms with Crippen molar-refractivity contribution in [1.29, 1.82) is 0 Å². The molecule has 1 aromatic heterocycles. The number of hydrogen-bond acceptors (Lipinski definition) is 4. The van der Waals surface area contributed by atoms with Gasteiger partial charge in [0.1, 0.15) is 0 Å². The van der Waals surface area contributed by atoms with Crippen molar-refractivity contribution in [2.45, 2.75) is 18.9 Å². The fourth-order valence-electron chi connectivity index (χ4n) is 3.24. The van der Waals surface area contributed by atoms with E-state index in [0.717, 1.165) is 37.9 Å². The molecule has 1 N–H and O–H groups in total. The number of amides is 1. The molecular weight excluding hydrogens is 300 g/mol. The molecule has 5 nitrogen and oxygen atoms in total. The Bertz CT molecular complexity index is 689. The maximum absolute atomic E-state index is 12.1. The SMILES string of the molecule is O=C(Nc1ccc(N2CCN(C3CC3)CC2)cc1)c1cccnc1. The van der Waals surface area contributed by atoms with Gasteiger partial charge in [-0.05, 0) is 49.2 Å². The van der Waals surface area contributed by atoms with Crippen molar-refractivity contribution in [2.75, 3.05) is 36.4 Å². The van der Waals surface area contributed by atoms with E-state index in [2.05, 4.69) is 32.2 Å². The lowest BCUT2D eigenvalue weighted by molar-refractivity contribution is 0.102. The first-order valence-electron chi connectivity index (χ1n) is 8.60. The van der Waals surface area contributed by atoms with Gasteiger partial charge in [-0.25, -0.2) is 0 Å². The number of nitrogens with zero attached hydrogens (tertiary/aromatic N) is 3. The summed E-state index contributed by atoms with van der Waals surface area (Å²) in [6.07, 6.45) is 5.99. The number of carbonyl (C=O) groups is 1. The highest BCUT2D eigenvalue weighted by molar-refractivity contribution is 6.04. The van der Waals surface area contributed by atoms with Gasteiger partial charge in [-0.1, -0.05) is 0 Å². The van der Waals surface area contributed by atoms with Crippen LogP contribution in [0.25, 0.3) is 0 Å². The zero-order chi connectivity index (χ0) is 16.4. The van der Waals surface area contributed by atoms with Crippen molar-refractivity contribution in [1.82, 2.24) is 9.88 Å². The molecule has 4 rings (SSSR count). The van der Waals surface area contributed by atoms with Crippen molar-refractivity contribution in [2.24, 2.45) is 0 Å². The molecule has 0 radical (unpaired) electrons. The lowest BCUT2D eigenvalue weighted by Crippen LogP contribution is -2.47. The summed E-state index contributed by atoms with van der Waals surface area (Å²) in [6, 6.07) is 12.5. The molecule has 1 aliphatic heterocycles. The standard InChI is InChI=1S/C19H22N4O/c24-19(15-2-1-9-20-14-15)21-16-3-5-17(6-4-16)22-10-12-23(13-11-22)18-7-8-18/h1-6,9,14,18H,7-8,10-13H2,(H,21,24). The number of rotatable bonds is 4. The summed E-state index contributed by atoms with van der Waals surface area (Å²) in [5.74, 6) is -0.131. The first-order chi connectivity index (χ1) is 11.8. The second-order valence-electron chi connectivity index (χ2n) is 6.50. The Morgan fingerprint density at radius 3 is 2.42 bits per heavy atom. The fraction of sp³-hybridized carbons (Fsp3) is 0.368. The van der Waals surface area contributed by atoms with Crippen LogP contribution in [-0.2, 0) is 0 Å². The molecule has 1 saturated heterocycles. The summed E-state index contributed by atoms with van der Waals surface area (Å²) in [4.78, 5) is 21.1. The van der Waals surface area contributed by atoms with Crippen LogP contribution in [0, 0.1) is 0 Å². The summed E-state index contributed by atoms with van der Waals surface area (Å²) >= 11 is 0. The Hall–Kier alpha value is -2.40. The van der Waals surface area contributed by atoms with Gasteiger partial charge < -0.3 is 10.2 Å². The van der Waals surface area contributed by atoms with E-state index in [1.165, 1.54) is 18.5 Å². The number of hydrogen-bond donors (Lipinski definition) is 1. The van der Waals surface area contributed by atoms with E-state index in [9.17, 15) is 4.79 Å². The molecule has 2 aromatic rings. The highest BCUT2D eigenvalue weighted by atomic mass is 16.1. The van der Waals surface area contributed by atoms with Crippen LogP contribution in [0.15, 0.2) is 48.8 Å². The third-order valence-corrected chi connectivity index (χ3v) is 4.79. The van der Waals surface area contributed by atoms with Crippen LogP contribution in [0.3, 0.4) is 0 Å².